The van der Waals surface area contributed by atoms with Gasteiger partial charge >= 0.3 is 0 Å². The largest absolute Gasteiger partial charge is 0.369 e. The number of hydrogen-bond donors (Lipinski definition) is 1. The van der Waals surface area contributed by atoms with E-state index in [1.807, 2.05) is 0 Å². The van der Waals surface area contributed by atoms with Crippen molar-refractivity contribution in [3.05, 3.63) is 29.8 Å². The van der Waals surface area contributed by atoms with E-state index in [9.17, 15) is 0 Å². The lowest BCUT2D eigenvalue weighted by atomic mass is 10.1. The number of hydrogen-bond acceptors (Lipinski definition) is 2. The van der Waals surface area contributed by atoms with Gasteiger partial charge in [-0.2, -0.15) is 0 Å². The molecule has 0 bridgehead atoms. The van der Waals surface area contributed by atoms with Crippen LogP contribution in [-0.2, 0) is 6.54 Å². The van der Waals surface area contributed by atoms with Gasteiger partial charge in [-0.15, -0.1) is 0 Å². The van der Waals surface area contributed by atoms with E-state index in [0.29, 0.717) is 12.1 Å². The molecule has 0 aromatic heterocycles. The lowest BCUT2D eigenvalue weighted by Gasteiger charge is -2.24. The van der Waals surface area contributed by atoms with Gasteiger partial charge in [0.25, 0.3) is 0 Å². The van der Waals surface area contributed by atoms with Gasteiger partial charge in [0.2, 0.25) is 0 Å². The van der Waals surface area contributed by atoms with Crippen LogP contribution in [0.1, 0.15) is 39.2 Å². The summed E-state index contributed by atoms with van der Waals surface area (Å²) in [6.07, 6.45) is 2.66. The van der Waals surface area contributed by atoms with Crippen LogP contribution in [-0.4, -0.2) is 18.6 Å². The average Bonchev–Trinajstić information content (AvgIpc) is 2.73. The van der Waals surface area contributed by atoms with Gasteiger partial charge in [-0.25, -0.2) is 0 Å². The van der Waals surface area contributed by atoms with E-state index < -0.39 is 0 Å². The van der Waals surface area contributed by atoms with Gasteiger partial charge in [-0.05, 0) is 37.5 Å². The maximum atomic E-state index is 3.47. The maximum absolute atomic E-state index is 3.47. The molecule has 1 aromatic carbocycles. The van der Waals surface area contributed by atoms with Crippen molar-refractivity contribution in [1.82, 2.24) is 5.32 Å². The minimum absolute atomic E-state index is 0.546. The standard InChI is InChI=1S/C15H24N2/c1-12(2)16-11-14-7-4-8-15(10-14)17-9-5-6-13(17)3/h4,7-8,10,12-13,16H,5-6,9,11H2,1-3H3. The van der Waals surface area contributed by atoms with Crippen LogP contribution in [0, 0.1) is 0 Å². The van der Waals surface area contributed by atoms with E-state index in [1.165, 1.54) is 30.6 Å². The second-order valence-electron chi connectivity index (χ2n) is 5.39. The van der Waals surface area contributed by atoms with Crippen molar-refractivity contribution in [3.8, 4) is 0 Å². The summed E-state index contributed by atoms with van der Waals surface area (Å²) >= 11 is 0. The SMILES string of the molecule is CC(C)NCc1cccc(N2CCCC2C)c1. The Kier molecular flexibility index (Phi) is 4.06. The molecule has 1 aromatic rings. The minimum Gasteiger partial charge on any atom is -0.369 e. The first kappa shape index (κ1) is 12.4. The molecule has 1 heterocycles. The Balaban J connectivity index is 2.05. The fourth-order valence-corrected chi connectivity index (χ4v) is 2.48. The zero-order valence-electron chi connectivity index (χ0n) is 11.2. The normalized spacial score (nSPS) is 20.2. The summed E-state index contributed by atoms with van der Waals surface area (Å²) < 4.78 is 0. The molecule has 94 valence electrons. The topological polar surface area (TPSA) is 15.3 Å². The Hall–Kier alpha value is -1.02. The summed E-state index contributed by atoms with van der Waals surface area (Å²) in [5, 5.41) is 3.47. The van der Waals surface area contributed by atoms with Crippen molar-refractivity contribution in [2.24, 2.45) is 0 Å². The number of nitrogens with zero attached hydrogens (tertiary/aromatic N) is 1. The van der Waals surface area contributed by atoms with Crippen molar-refractivity contribution >= 4 is 5.69 Å². The molecule has 17 heavy (non-hydrogen) atoms. The number of benzene rings is 1. The monoisotopic (exact) mass is 232 g/mol. The predicted molar refractivity (Wildman–Crippen MR) is 74.5 cm³/mol. The lowest BCUT2D eigenvalue weighted by molar-refractivity contribution is 0.588. The second kappa shape index (κ2) is 5.54. The lowest BCUT2D eigenvalue weighted by Crippen LogP contribution is -2.26. The molecular formula is C15H24N2. The van der Waals surface area contributed by atoms with Gasteiger partial charge < -0.3 is 10.2 Å². The van der Waals surface area contributed by atoms with Crippen LogP contribution in [0.15, 0.2) is 24.3 Å². The van der Waals surface area contributed by atoms with E-state index in [0.717, 1.165) is 6.54 Å². The fraction of sp³-hybridized carbons (Fsp3) is 0.600. The van der Waals surface area contributed by atoms with Crippen molar-refractivity contribution in [2.75, 3.05) is 11.4 Å². The van der Waals surface area contributed by atoms with Gasteiger partial charge in [-0.3, -0.25) is 0 Å². The first-order valence-electron chi connectivity index (χ1n) is 6.76. The third kappa shape index (κ3) is 3.22. The summed E-state index contributed by atoms with van der Waals surface area (Å²) in [5.41, 5.74) is 2.77. The Labute approximate surface area is 105 Å². The van der Waals surface area contributed by atoms with Gasteiger partial charge in [0.15, 0.2) is 0 Å². The number of anilines is 1. The summed E-state index contributed by atoms with van der Waals surface area (Å²) in [7, 11) is 0. The average molecular weight is 232 g/mol. The first-order chi connectivity index (χ1) is 8.16. The van der Waals surface area contributed by atoms with Crippen LogP contribution < -0.4 is 10.2 Å². The molecule has 1 unspecified atom stereocenters. The van der Waals surface area contributed by atoms with Gasteiger partial charge in [0, 0.05) is 30.9 Å². The van der Waals surface area contributed by atoms with Crippen LogP contribution in [0.2, 0.25) is 0 Å². The molecule has 1 atom stereocenters. The van der Waals surface area contributed by atoms with Gasteiger partial charge in [-0.1, -0.05) is 26.0 Å². The molecule has 0 saturated carbocycles. The molecule has 0 radical (unpaired) electrons. The maximum Gasteiger partial charge on any atom is 0.0371 e. The highest BCUT2D eigenvalue weighted by atomic mass is 15.2. The number of rotatable bonds is 4. The highest BCUT2D eigenvalue weighted by Gasteiger charge is 2.20. The van der Waals surface area contributed by atoms with E-state index in [4.69, 9.17) is 0 Å². The molecule has 1 N–H and O–H groups in total. The van der Waals surface area contributed by atoms with E-state index >= 15 is 0 Å². The highest BCUT2D eigenvalue weighted by Crippen LogP contribution is 2.25. The molecule has 1 saturated heterocycles. The van der Waals surface area contributed by atoms with E-state index in [2.05, 4.69) is 55.3 Å². The van der Waals surface area contributed by atoms with Crippen molar-refractivity contribution in [2.45, 2.75) is 52.2 Å². The van der Waals surface area contributed by atoms with Gasteiger partial charge in [0.05, 0.1) is 0 Å². The zero-order chi connectivity index (χ0) is 12.3. The smallest absolute Gasteiger partial charge is 0.0371 e. The highest BCUT2D eigenvalue weighted by molar-refractivity contribution is 5.50. The number of nitrogens with one attached hydrogen (secondary N) is 1. The third-order valence-electron chi connectivity index (χ3n) is 3.51. The van der Waals surface area contributed by atoms with Gasteiger partial charge in [0.1, 0.15) is 0 Å². The van der Waals surface area contributed by atoms with Crippen LogP contribution >= 0.6 is 0 Å². The quantitative estimate of drug-likeness (QED) is 0.857. The summed E-state index contributed by atoms with van der Waals surface area (Å²) in [6, 6.07) is 10.2. The summed E-state index contributed by atoms with van der Waals surface area (Å²) in [6.45, 7) is 8.88. The molecule has 2 rings (SSSR count). The molecule has 0 amide bonds. The van der Waals surface area contributed by atoms with Crippen LogP contribution in [0.3, 0.4) is 0 Å². The Morgan fingerprint density at radius 3 is 2.88 bits per heavy atom. The summed E-state index contributed by atoms with van der Waals surface area (Å²) in [4.78, 5) is 2.53. The van der Waals surface area contributed by atoms with Crippen molar-refractivity contribution in [1.29, 1.82) is 0 Å². The first-order valence-corrected chi connectivity index (χ1v) is 6.76. The van der Waals surface area contributed by atoms with Crippen molar-refractivity contribution in [3.63, 3.8) is 0 Å². The van der Waals surface area contributed by atoms with Crippen LogP contribution in [0.25, 0.3) is 0 Å². The Morgan fingerprint density at radius 2 is 2.24 bits per heavy atom. The minimum atomic E-state index is 0.546. The van der Waals surface area contributed by atoms with E-state index in [1.54, 1.807) is 0 Å². The molecule has 1 aliphatic heterocycles. The zero-order valence-corrected chi connectivity index (χ0v) is 11.2. The van der Waals surface area contributed by atoms with Crippen LogP contribution in [0.5, 0.6) is 0 Å². The Morgan fingerprint density at radius 1 is 1.41 bits per heavy atom. The molecule has 2 heteroatoms. The molecule has 0 aliphatic carbocycles. The molecule has 2 nitrogen and oxygen atoms in total. The van der Waals surface area contributed by atoms with Crippen molar-refractivity contribution < 1.29 is 0 Å². The predicted octanol–water partition coefficient (Wildman–Crippen LogP) is 3.17. The molecule has 1 fully saturated rings. The molecular weight excluding hydrogens is 208 g/mol. The molecule has 0 spiro atoms. The summed E-state index contributed by atoms with van der Waals surface area (Å²) in [5.74, 6) is 0. The molecule has 1 aliphatic rings. The van der Waals surface area contributed by atoms with E-state index in [-0.39, 0.29) is 0 Å². The Bertz CT molecular complexity index is 360. The fourth-order valence-electron chi connectivity index (χ4n) is 2.48. The second-order valence-corrected chi connectivity index (χ2v) is 5.39. The third-order valence-corrected chi connectivity index (χ3v) is 3.51. The van der Waals surface area contributed by atoms with Crippen LogP contribution in [0.4, 0.5) is 5.69 Å².